The first-order valence-electron chi connectivity index (χ1n) is 6.44. The summed E-state index contributed by atoms with van der Waals surface area (Å²) in [6, 6.07) is 0. The van der Waals surface area contributed by atoms with Crippen LogP contribution in [0.15, 0.2) is 24.0 Å². The molecule has 1 N–H and O–H groups in total. The van der Waals surface area contributed by atoms with E-state index in [0.29, 0.717) is 5.76 Å². The molecule has 0 bridgehead atoms. The SMILES string of the molecule is CC1(CC(=O)O)OC(C2(C)C=CC(=O)C2(C)C)=CC1=O. The van der Waals surface area contributed by atoms with E-state index in [1.807, 2.05) is 6.92 Å². The maximum atomic E-state index is 12.1. The van der Waals surface area contributed by atoms with Crippen LogP contribution in [-0.2, 0) is 19.1 Å². The summed E-state index contributed by atoms with van der Waals surface area (Å²) in [6.45, 7) is 6.86. The van der Waals surface area contributed by atoms with Crippen molar-refractivity contribution >= 4 is 17.5 Å². The molecule has 1 heterocycles. The summed E-state index contributed by atoms with van der Waals surface area (Å²) < 4.78 is 5.67. The van der Waals surface area contributed by atoms with Gasteiger partial charge in [-0.25, -0.2) is 0 Å². The van der Waals surface area contributed by atoms with E-state index in [2.05, 4.69) is 0 Å². The quantitative estimate of drug-likeness (QED) is 0.852. The lowest BCUT2D eigenvalue weighted by Crippen LogP contribution is -2.40. The van der Waals surface area contributed by atoms with Crippen molar-refractivity contribution in [2.24, 2.45) is 10.8 Å². The summed E-state index contributed by atoms with van der Waals surface area (Å²) in [4.78, 5) is 34.9. The molecule has 0 radical (unpaired) electrons. The van der Waals surface area contributed by atoms with Crippen molar-refractivity contribution in [2.45, 2.75) is 39.7 Å². The molecule has 5 nitrogen and oxygen atoms in total. The predicted molar refractivity (Wildman–Crippen MR) is 70.9 cm³/mol. The van der Waals surface area contributed by atoms with Crippen LogP contribution in [-0.4, -0.2) is 28.2 Å². The molecule has 108 valence electrons. The first-order chi connectivity index (χ1) is 9.03. The van der Waals surface area contributed by atoms with Crippen molar-refractivity contribution in [3.63, 3.8) is 0 Å². The van der Waals surface area contributed by atoms with Crippen LogP contribution in [0.3, 0.4) is 0 Å². The van der Waals surface area contributed by atoms with Gasteiger partial charge in [0.15, 0.2) is 11.4 Å². The standard InChI is InChI=1S/C15H18O5/c1-13(2)9(16)5-6-14(13,3)11-7-10(17)15(4,20-11)8-12(18)19/h5-7H,8H2,1-4H3,(H,18,19). The van der Waals surface area contributed by atoms with E-state index in [1.54, 1.807) is 19.9 Å². The number of rotatable bonds is 3. The van der Waals surface area contributed by atoms with Crippen LogP contribution in [0.4, 0.5) is 0 Å². The second kappa shape index (κ2) is 4.04. The molecule has 20 heavy (non-hydrogen) atoms. The van der Waals surface area contributed by atoms with E-state index in [0.717, 1.165) is 0 Å². The average Bonchev–Trinajstić information content (AvgIpc) is 2.70. The fourth-order valence-corrected chi connectivity index (χ4v) is 2.57. The number of carbonyl (C=O) groups is 3. The molecule has 0 spiro atoms. The average molecular weight is 278 g/mol. The van der Waals surface area contributed by atoms with Crippen molar-refractivity contribution in [3.05, 3.63) is 24.0 Å². The lowest BCUT2D eigenvalue weighted by atomic mass is 9.67. The minimum absolute atomic E-state index is 0.0382. The van der Waals surface area contributed by atoms with Gasteiger partial charge in [0.25, 0.3) is 0 Å². The fourth-order valence-electron chi connectivity index (χ4n) is 2.57. The van der Waals surface area contributed by atoms with Crippen molar-refractivity contribution in [2.75, 3.05) is 0 Å². The molecule has 0 aromatic rings. The molecule has 0 aromatic heterocycles. The molecule has 0 amide bonds. The van der Waals surface area contributed by atoms with Gasteiger partial charge >= 0.3 is 5.97 Å². The van der Waals surface area contributed by atoms with Gasteiger partial charge in [-0.1, -0.05) is 19.9 Å². The lowest BCUT2D eigenvalue weighted by molar-refractivity contribution is -0.148. The highest BCUT2D eigenvalue weighted by atomic mass is 16.5. The third kappa shape index (κ3) is 1.80. The molecule has 0 saturated heterocycles. The summed E-state index contributed by atoms with van der Waals surface area (Å²) in [5, 5.41) is 8.89. The Kier molecular flexibility index (Phi) is 2.93. The van der Waals surface area contributed by atoms with Gasteiger partial charge in [-0.15, -0.1) is 0 Å². The predicted octanol–water partition coefficient (Wildman–Crippen LogP) is 1.87. The largest absolute Gasteiger partial charge is 0.482 e. The summed E-state index contributed by atoms with van der Waals surface area (Å²) in [6.07, 6.45) is 4.14. The third-order valence-corrected chi connectivity index (χ3v) is 4.60. The van der Waals surface area contributed by atoms with Crippen LogP contribution in [0, 0.1) is 10.8 Å². The molecule has 0 fully saturated rings. The van der Waals surface area contributed by atoms with Gasteiger partial charge in [0.05, 0.1) is 11.8 Å². The zero-order valence-electron chi connectivity index (χ0n) is 12.0. The highest BCUT2D eigenvalue weighted by Gasteiger charge is 2.55. The zero-order chi connectivity index (χ0) is 15.3. The Morgan fingerprint density at radius 2 is 1.80 bits per heavy atom. The zero-order valence-corrected chi connectivity index (χ0v) is 12.0. The van der Waals surface area contributed by atoms with E-state index >= 15 is 0 Å². The molecule has 0 aromatic carbocycles. The van der Waals surface area contributed by atoms with Gasteiger partial charge < -0.3 is 9.84 Å². The molecule has 2 rings (SSSR count). The van der Waals surface area contributed by atoms with Gasteiger partial charge in [-0.2, -0.15) is 0 Å². The molecule has 1 aliphatic heterocycles. The number of carboxylic acids is 1. The van der Waals surface area contributed by atoms with E-state index in [4.69, 9.17) is 9.84 Å². The molecule has 2 unspecified atom stereocenters. The van der Waals surface area contributed by atoms with Crippen molar-refractivity contribution in [1.29, 1.82) is 0 Å². The molecule has 2 atom stereocenters. The van der Waals surface area contributed by atoms with Crippen molar-refractivity contribution in [1.82, 2.24) is 0 Å². The van der Waals surface area contributed by atoms with Gasteiger partial charge in [0, 0.05) is 11.5 Å². The van der Waals surface area contributed by atoms with Crippen molar-refractivity contribution in [3.8, 4) is 0 Å². The van der Waals surface area contributed by atoms with E-state index in [1.165, 1.54) is 19.1 Å². The van der Waals surface area contributed by atoms with E-state index in [-0.39, 0.29) is 11.6 Å². The second-order valence-corrected chi connectivity index (χ2v) is 6.30. The van der Waals surface area contributed by atoms with Gasteiger partial charge in [-0.05, 0) is 19.9 Å². The number of carboxylic acid groups (broad SMARTS) is 1. The molecule has 1 aliphatic carbocycles. The fraction of sp³-hybridized carbons (Fsp3) is 0.533. The topological polar surface area (TPSA) is 80.7 Å². The number of aliphatic carboxylic acids is 1. The van der Waals surface area contributed by atoms with Crippen LogP contribution in [0.5, 0.6) is 0 Å². The Morgan fingerprint density at radius 3 is 2.25 bits per heavy atom. The Hall–Kier alpha value is -1.91. The maximum Gasteiger partial charge on any atom is 0.307 e. The first kappa shape index (κ1) is 14.5. The van der Waals surface area contributed by atoms with E-state index < -0.39 is 28.8 Å². The Labute approximate surface area is 117 Å². The maximum absolute atomic E-state index is 12.1. The normalized spacial score (nSPS) is 35.1. The van der Waals surface area contributed by atoms with Crippen LogP contribution >= 0.6 is 0 Å². The van der Waals surface area contributed by atoms with Crippen LogP contribution < -0.4 is 0 Å². The molecule has 0 saturated carbocycles. The highest BCUT2D eigenvalue weighted by Crippen LogP contribution is 2.53. The third-order valence-electron chi connectivity index (χ3n) is 4.60. The van der Waals surface area contributed by atoms with Crippen LogP contribution in [0.1, 0.15) is 34.1 Å². The first-order valence-corrected chi connectivity index (χ1v) is 6.44. The number of hydrogen-bond donors (Lipinski definition) is 1. The van der Waals surface area contributed by atoms with Crippen molar-refractivity contribution < 1.29 is 24.2 Å². The molecular formula is C15H18O5. The Balaban J connectivity index is 2.36. The minimum Gasteiger partial charge on any atom is -0.482 e. The summed E-state index contributed by atoms with van der Waals surface area (Å²) in [7, 11) is 0. The number of ether oxygens (including phenoxy) is 1. The lowest BCUT2D eigenvalue weighted by Gasteiger charge is -2.38. The summed E-state index contributed by atoms with van der Waals surface area (Å²) in [5.41, 5.74) is -2.86. The number of ketones is 2. The number of carbonyl (C=O) groups excluding carboxylic acids is 2. The van der Waals surface area contributed by atoms with Crippen LogP contribution in [0.2, 0.25) is 0 Å². The molecule has 2 aliphatic rings. The summed E-state index contributed by atoms with van der Waals surface area (Å²) >= 11 is 0. The summed E-state index contributed by atoms with van der Waals surface area (Å²) in [5.74, 6) is -1.15. The Morgan fingerprint density at radius 1 is 1.20 bits per heavy atom. The smallest absolute Gasteiger partial charge is 0.307 e. The van der Waals surface area contributed by atoms with Crippen LogP contribution in [0.25, 0.3) is 0 Å². The second-order valence-electron chi connectivity index (χ2n) is 6.30. The van der Waals surface area contributed by atoms with Gasteiger partial charge in [0.1, 0.15) is 5.76 Å². The van der Waals surface area contributed by atoms with Gasteiger partial charge in [0.2, 0.25) is 5.78 Å². The number of hydrogen-bond acceptors (Lipinski definition) is 4. The van der Waals surface area contributed by atoms with E-state index in [9.17, 15) is 14.4 Å². The highest BCUT2D eigenvalue weighted by molar-refractivity contribution is 6.03. The minimum atomic E-state index is -1.39. The molecular weight excluding hydrogens is 260 g/mol. The molecule has 5 heteroatoms. The van der Waals surface area contributed by atoms with Gasteiger partial charge in [-0.3, -0.25) is 14.4 Å². The Bertz CT molecular complexity index is 569. The monoisotopic (exact) mass is 278 g/mol. The number of allylic oxidation sites excluding steroid dienone is 2.